The van der Waals surface area contributed by atoms with E-state index in [0.717, 1.165) is 12.0 Å². The van der Waals surface area contributed by atoms with Crippen LogP contribution in [0.2, 0.25) is 0 Å². The van der Waals surface area contributed by atoms with Gasteiger partial charge >= 0.3 is 0 Å². The second kappa shape index (κ2) is 6.21. The minimum absolute atomic E-state index is 0.129. The maximum atomic E-state index is 11.7. The SMILES string of the molecule is CCc1ccc(C(=O)CCCC(C)=O)cc1. The Labute approximate surface area is 96.7 Å². The van der Waals surface area contributed by atoms with Crippen molar-refractivity contribution in [3.63, 3.8) is 0 Å². The molecule has 1 rings (SSSR count). The van der Waals surface area contributed by atoms with E-state index in [9.17, 15) is 9.59 Å². The van der Waals surface area contributed by atoms with Crippen molar-refractivity contribution in [2.45, 2.75) is 39.5 Å². The summed E-state index contributed by atoms with van der Waals surface area (Å²) in [6.07, 6.45) is 2.60. The fourth-order valence-electron chi connectivity index (χ4n) is 1.57. The maximum absolute atomic E-state index is 11.7. The first-order chi connectivity index (χ1) is 7.63. The topological polar surface area (TPSA) is 34.1 Å². The van der Waals surface area contributed by atoms with Gasteiger partial charge in [-0.25, -0.2) is 0 Å². The Hall–Kier alpha value is -1.44. The first-order valence-corrected chi connectivity index (χ1v) is 5.75. The molecule has 0 spiro atoms. The van der Waals surface area contributed by atoms with E-state index in [0.29, 0.717) is 19.3 Å². The molecule has 0 saturated heterocycles. The van der Waals surface area contributed by atoms with E-state index in [-0.39, 0.29) is 11.6 Å². The van der Waals surface area contributed by atoms with Gasteiger partial charge in [-0.15, -0.1) is 0 Å². The van der Waals surface area contributed by atoms with Gasteiger partial charge < -0.3 is 4.79 Å². The Morgan fingerprint density at radius 3 is 2.19 bits per heavy atom. The van der Waals surface area contributed by atoms with Gasteiger partial charge in [0.25, 0.3) is 0 Å². The van der Waals surface area contributed by atoms with Gasteiger partial charge in [-0.1, -0.05) is 31.2 Å². The van der Waals surface area contributed by atoms with Crippen LogP contribution < -0.4 is 0 Å². The van der Waals surface area contributed by atoms with E-state index in [1.165, 1.54) is 5.56 Å². The smallest absolute Gasteiger partial charge is 0.162 e. The molecule has 0 amide bonds. The second-order valence-electron chi connectivity index (χ2n) is 4.03. The van der Waals surface area contributed by atoms with Crippen molar-refractivity contribution in [2.24, 2.45) is 0 Å². The molecule has 0 aromatic heterocycles. The molecule has 1 aromatic rings. The van der Waals surface area contributed by atoms with Crippen molar-refractivity contribution in [1.82, 2.24) is 0 Å². The van der Waals surface area contributed by atoms with E-state index in [4.69, 9.17) is 0 Å². The number of benzene rings is 1. The number of hydrogen-bond donors (Lipinski definition) is 0. The number of carbonyl (C=O) groups excluding carboxylic acids is 2. The molecular formula is C14H18O2. The summed E-state index contributed by atoms with van der Waals surface area (Å²) in [5, 5.41) is 0. The molecule has 0 heterocycles. The van der Waals surface area contributed by atoms with Crippen LogP contribution in [0.25, 0.3) is 0 Å². The van der Waals surface area contributed by atoms with Crippen LogP contribution in [0.3, 0.4) is 0 Å². The van der Waals surface area contributed by atoms with Crippen LogP contribution in [0.15, 0.2) is 24.3 Å². The van der Waals surface area contributed by atoms with E-state index in [1.807, 2.05) is 24.3 Å². The molecule has 2 nitrogen and oxygen atoms in total. The highest BCUT2D eigenvalue weighted by Crippen LogP contribution is 2.09. The Morgan fingerprint density at radius 2 is 1.69 bits per heavy atom. The summed E-state index contributed by atoms with van der Waals surface area (Å²) in [5.74, 6) is 0.276. The average molecular weight is 218 g/mol. The van der Waals surface area contributed by atoms with Gasteiger partial charge in [0, 0.05) is 18.4 Å². The van der Waals surface area contributed by atoms with Crippen LogP contribution >= 0.6 is 0 Å². The lowest BCUT2D eigenvalue weighted by Gasteiger charge is -2.01. The first-order valence-electron chi connectivity index (χ1n) is 5.75. The molecule has 0 radical (unpaired) electrons. The number of Topliss-reactive ketones (excluding diaryl/α,β-unsaturated/α-hetero) is 2. The minimum atomic E-state index is 0.129. The highest BCUT2D eigenvalue weighted by Gasteiger charge is 2.05. The molecule has 0 bridgehead atoms. The van der Waals surface area contributed by atoms with Crippen molar-refractivity contribution >= 4 is 11.6 Å². The normalized spacial score (nSPS) is 10.1. The summed E-state index contributed by atoms with van der Waals surface area (Å²) in [6.45, 7) is 3.64. The van der Waals surface area contributed by atoms with E-state index >= 15 is 0 Å². The summed E-state index contributed by atoms with van der Waals surface area (Å²) in [5.41, 5.74) is 1.99. The van der Waals surface area contributed by atoms with E-state index < -0.39 is 0 Å². The van der Waals surface area contributed by atoms with Crippen LogP contribution in [0, 0.1) is 0 Å². The van der Waals surface area contributed by atoms with Gasteiger partial charge in [-0.2, -0.15) is 0 Å². The molecule has 0 saturated carbocycles. The van der Waals surface area contributed by atoms with Crippen LogP contribution in [0.4, 0.5) is 0 Å². The molecular weight excluding hydrogens is 200 g/mol. The van der Waals surface area contributed by atoms with Crippen molar-refractivity contribution in [2.75, 3.05) is 0 Å². The summed E-state index contributed by atoms with van der Waals surface area (Å²) in [7, 11) is 0. The summed E-state index contributed by atoms with van der Waals surface area (Å²) >= 11 is 0. The van der Waals surface area contributed by atoms with Crippen molar-refractivity contribution in [3.05, 3.63) is 35.4 Å². The Kier molecular flexibility index (Phi) is 4.90. The molecule has 2 heteroatoms. The number of hydrogen-bond acceptors (Lipinski definition) is 2. The number of carbonyl (C=O) groups is 2. The van der Waals surface area contributed by atoms with Crippen LogP contribution in [-0.4, -0.2) is 11.6 Å². The van der Waals surface area contributed by atoms with Crippen molar-refractivity contribution < 1.29 is 9.59 Å². The maximum Gasteiger partial charge on any atom is 0.162 e. The molecule has 0 fully saturated rings. The third kappa shape index (κ3) is 3.97. The predicted molar refractivity (Wildman–Crippen MR) is 64.7 cm³/mol. The molecule has 0 aliphatic rings. The quantitative estimate of drug-likeness (QED) is 0.687. The number of ketones is 2. The average Bonchev–Trinajstić information content (AvgIpc) is 2.28. The highest BCUT2D eigenvalue weighted by atomic mass is 16.1. The number of rotatable bonds is 6. The summed E-state index contributed by atoms with van der Waals surface area (Å²) in [6, 6.07) is 7.71. The van der Waals surface area contributed by atoms with Crippen LogP contribution in [-0.2, 0) is 11.2 Å². The molecule has 16 heavy (non-hydrogen) atoms. The largest absolute Gasteiger partial charge is 0.300 e. The second-order valence-corrected chi connectivity index (χ2v) is 4.03. The summed E-state index contributed by atoms with van der Waals surface area (Å²) < 4.78 is 0. The highest BCUT2D eigenvalue weighted by molar-refractivity contribution is 5.96. The first kappa shape index (κ1) is 12.6. The molecule has 86 valence electrons. The molecule has 0 unspecified atom stereocenters. The Morgan fingerprint density at radius 1 is 1.06 bits per heavy atom. The zero-order valence-electron chi connectivity index (χ0n) is 9.95. The van der Waals surface area contributed by atoms with Gasteiger partial charge in [0.1, 0.15) is 5.78 Å². The zero-order chi connectivity index (χ0) is 12.0. The number of aryl methyl sites for hydroxylation is 1. The molecule has 0 aliphatic heterocycles. The van der Waals surface area contributed by atoms with Gasteiger partial charge in [-0.05, 0) is 25.3 Å². The zero-order valence-corrected chi connectivity index (χ0v) is 9.95. The molecule has 0 N–H and O–H groups in total. The molecule has 1 aromatic carbocycles. The third-order valence-electron chi connectivity index (χ3n) is 2.62. The predicted octanol–water partition coefficient (Wildman–Crippen LogP) is 3.19. The lowest BCUT2D eigenvalue weighted by Crippen LogP contribution is -2.00. The third-order valence-corrected chi connectivity index (χ3v) is 2.62. The lowest BCUT2D eigenvalue weighted by molar-refractivity contribution is -0.117. The van der Waals surface area contributed by atoms with Gasteiger partial charge in [0.2, 0.25) is 0 Å². The van der Waals surface area contributed by atoms with Crippen LogP contribution in [0.1, 0.15) is 49.0 Å². The fraction of sp³-hybridized carbons (Fsp3) is 0.429. The fourth-order valence-corrected chi connectivity index (χ4v) is 1.57. The van der Waals surface area contributed by atoms with E-state index in [2.05, 4.69) is 6.92 Å². The van der Waals surface area contributed by atoms with Gasteiger partial charge in [0.15, 0.2) is 5.78 Å². The Bertz CT molecular complexity index is 363. The lowest BCUT2D eigenvalue weighted by atomic mass is 10.0. The molecule has 0 atom stereocenters. The Balaban J connectivity index is 2.49. The molecule has 0 aliphatic carbocycles. The minimum Gasteiger partial charge on any atom is -0.300 e. The monoisotopic (exact) mass is 218 g/mol. The van der Waals surface area contributed by atoms with Crippen molar-refractivity contribution in [3.8, 4) is 0 Å². The van der Waals surface area contributed by atoms with Crippen molar-refractivity contribution in [1.29, 1.82) is 0 Å². The van der Waals surface area contributed by atoms with Gasteiger partial charge in [0.05, 0.1) is 0 Å². The van der Waals surface area contributed by atoms with E-state index in [1.54, 1.807) is 6.92 Å². The van der Waals surface area contributed by atoms with Gasteiger partial charge in [-0.3, -0.25) is 4.79 Å². The van der Waals surface area contributed by atoms with Crippen LogP contribution in [0.5, 0.6) is 0 Å². The summed E-state index contributed by atoms with van der Waals surface area (Å²) in [4.78, 5) is 22.4. The standard InChI is InChI=1S/C14H18O2/c1-3-12-7-9-13(10-8-12)14(16)6-4-5-11(2)15/h7-10H,3-6H2,1-2H3.